The van der Waals surface area contributed by atoms with Gasteiger partial charge in [0.2, 0.25) is 0 Å². The summed E-state index contributed by atoms with van der Waals surface area (Å²) in [5, 5.41) is 2.40. The van der Waals surface area contributed by atoms with E-state index in [-0.39, 0.29) is 0 Å². The molecular weight excluding hydrogens is 470 g/mol. The van der Waals surface area contributed by atoms with Gasteiger partial charge in [0.25, 0.3) is 0 Å². The van der Waals surface area contributed by atoms with Crippen molar-refractivity contribution in [3.8, 4) is 22.6 Å². The summed E-state index contributed by atoms with van der Waals surface area (Å²) >= 11 is 1.76. The number of nitrogens with zero attached hydrogens (tertiary/aromatic N) is 1. The summed E-state index contributed by atoms with van der Waals surface area (Å²) in [7, 11) is 0. The Kier molecular flexibility index (Phi) is 5.41. The highest BCUT2D eigenvalue weighted by Gasteiger charge is 2.25. The summed E-state index contributed by atoms with van der Waals surface area (Å²) in [5.41, 5.74) is 5.61. The standard InChI is InChI=1S/C34H23NOS/c1-2-10-24(11-3-1)25-20-22-27(23-21-25)35(29-15-8-13-26-12-4-5-14-28(26)29)30-16-9-19-33-34(30)36-31-17-6-7-18-32(31)37-33/h1-23H. The zero-order valence-electron chi connectivity index (χ0n) is 20.0. The highest BCUT2D eigenvalue weighted by atomic mass is 32.2. The van der Waals surface area contributed by atoms with Crippen LogP contribution in [0.5, 0.6) is 11.5 Å². The summed E-state index contributed by atoms with van der Waals surface area (Å²) < 4.78 is 6.58. The number of fused-ring (bicyclic) bond motifs is 3. The Labute approximate surface area is 220 Å². The second-order valence-corrected chi connectivity index (χ2v) is 10.1. The minimum absolute atomic E-state index is 0.881. The van der Waals surface area contributed by atoms with E-state index in [0.29, 0.717) is 0 Å². The predicted octanol–water partition coefficient (Wildman–Crippen LogP) is 10.2. The molecule has 0 saturated heterocycles. The minimum Gasteiger partial charge on any atom is -0.453 e. The molecule has 7 rings (SSSR count). The average molecular weight is 494 g/mol. The van der Waals surface area contributed by atoms with Crippen LogP contribution in [0.25, 0.3) is 21.9 Å². The van der Waals surface area contributed by atoms with Gasteiger partial charge in [-0.25, -0.2) is 0 Å². The van der Waals surface area contributed by atoms with Crippen molar-refractivity contribution in [2.45, 2.75) is 9.79 Å². The zero-order valence-corrected chi connectivity index (χ0v) is 20.9. The van der Waals surface area contributed by atoms with Gasteiger partial charge in [-0.2, -0.15) is 0 Å². The molecule has 1 aliphatic rings. The summed E-state index contributed by atoms with van der Waals surface area (Å²) in [5.74, 6) is 1.77. The van der Waals surface area contributed by atoms with Crippen LogP contribution >= 0.6 is 11.8 Å². The molecule has 1 aliphatic heterocycles. The Morgan fingerprint density at radius 2 is 1.14 bits per heavy atom. The van der Waals surface area contributed by atoms with E-state index in [4.69, 9.17) is 4.74 Å². The fourth-order valence-electron chi connectivity index (χ4n) is 4.96. The van der Waals surface area contributed by atoms with Crippen molar-refractivity contribution in [1.82, 2.24) is 0 Å². The lowest BCUT2D eigenvalue weighted by Gasteiger charge is -2.31. The number of benzene rings is 6. The third kappa shape index (κ3) is 3.94. The average Bonchev–Trinajstić information content (AvgIpc) is 2.97. The first-order valence-corrected chi connectivity index (χ1v) is 13.2. The number of anilines is 3. The monoisotopic (exact) mass is 493 g/mol. The lowest BCUT2D eigenvalue weighted by atomic mass is 10.0. The molecule has 176 valence electrons. The summed E-state index contributed by atoms with van der Waals surface area (Å²) in [4.78, 5) is 4.57. The maximum absolute atomic E-state index is 6.58. The van der Waals surface area contributed by atoms with Crippen LogP contribution in [0.4, 0.5) is 17.1 Å². The smallest absolute Gasteiger partial charge is 0.165 e. The topological polar surface area (TPSA) is 12.5 Å². The molecule has 2 nitrogen and oxygen atoms in total. The molecular formula is C34H23NOS. The van der Waals surface area contributed by atoms with Gasteiger partial charge in [0.1, 0.15) is 5.75 Å². The number of para-hydroxylation sites is 2. The van der Waals surface area contributed by atoms with Crippen molar-refractivity contribution < 1.29 is 4.74 Å². The number of rotatable bonds is 4. The Bertz CT molecular complexity index is 1720. The molecule has 6 aromatic carbocycles. The Morgan fingerprint density at radius 1 is 0.486 bits per heavy atom. The second-order valence-electron chi connectivity index (χ2n) is 9.00. The molecule has 6 aromatic rings. The van der Waals surface area contributed by atoms with Crippen molar-refractivity contribution in [2.75, 3.05) is 4.90 Å². The van der Waals surface area contributed by atoms with E-state index < -0.39 is 0 Å². The van der Waals surface area contributed by atoms with Gasteiger partial charge in [-0.3, -0.25) is 0 Å². The van der Waals surface area contributed by atoms with E-state index in [1.165, 1.54) is 21.9 Å². The van der Waals surface area contributed by atoms with Gasteiger partial charge in [0.05, 0.1) is 21.2 Å². The zero-order chi connectivity index (χ0) is 24.6. The molecule has 0 spiro atoms. The second kappa shape index (κ2) is 9.20. The SMILES string of the molecule is c1ccc(-c2ccc(N(c3cccc4c3Oc3ccccc3S4)c3cccc4ccccc34)cc2)cc1. The highest BCUT2D eigenvalue weighted by molar-refractivity contribution is 7.99. The summed E-state index contributed by atoms with van der Waals surface area (Å²) in [6.45, 7) is 0. The highest BCUT2D eigenvalue weighted by Crippen LogP contribution is 2.53. The molecule has 3 heteroatoms. The molecule has 0 aromatic heterocycles. The quantitative estimate of drug-likeness (QED) is 0.242. The minimum atomic E-state index is 0.881. The van der Waals surface area contributed by atoms with Crippen LogP contribution < -0.4 is 9.64 Å². The third-order valence-electron chi connectivity index (χ3n) is 6.72. The van der Waals surface area contributed by atoms with Gasteiger partial charge in [0.15, 0.2) is 5.75 Å². The summed E-state index contributed by atoms with van der Waals surface area (Å²) in [6, 6.07) is 49.0. The van der Waals surface area contributed by atoms with Gasteiger partial charge in [0, 0.05) is 11.1 Å². The van der Waals surface area contributed by atoms with Crippen LogP contribution in [-0.2, 0) is 0 Å². The first kappa shape index (κ1) is 21.8. The van der Waals surface area contributed by atoms with E-state index >= 15 is 0 Å². The third-order valence-corrected chi connectivity index (χ3v) is 7.82. The van der Waals surface area contributed by atoms with Gasteiger partial charge in [-0.1, -0.05) is 109 Å². The van der Waals surface area contributed by atoms with Crippen molar-refractivity contribution in [1.29, 1.82) is 0 Å². The number of ether oxygens (including phenoxy) is 1. The molecule has 1 heterocycles. The van der Waals surface area contributed by atoms with Crippen LogP contribution in [0.2, 0.25) is 0 Å². The van der Waals surface area contributed by atoms with Crippen molar-refractivity contribution in [3.63, 3.8) is 0 Å². The van der Waals surface area contributed by atoms with Gasteiger partial charge >= 0.3 is 0 Å². The molecule has 0 atom stereocenters. The van der Waals surface area contributed by atoms with E-state index in [0.717, 1.165) is 38.4 Å². The fraction of sp³-hybridized carbons (Fsp3) is 0. The lowest BCUT2D eigenvalue weighted by molar-refractivity contribution is 0.456. The lowest BCUT2D eigenvalue weighted by Crippen LogP contribution is -2.12. The Hall–Kier alpha value is -4.47. The summed E-state index contributed by atoms with van der Waals surface area (Å²) in [6.07, 6.45) is 0. The van der Waals surface area contributed by atoms with Gasteiger partial charge in [-0.05, 0) is 59.0 Å². The molecule has 0 fully saturated rings. The van der Waals surface area contributed by atoms with Crippen molar-refractivity contribution in [3.05, 3.63) is 140 Å². The normalized spacial score (nSPS) is 11.9. The van der Waals surface area contributed by atoms with Gasteiger partial charge in [-0.15, -0.1) is 0 Å². The maximum atomic E-state index is 6.58. The Morgan fingerprint density at radius 3 is 2.03 bits per heavy atom. The van der Waals surface area contributed by atoms with Gasteiger partial charge < -0.3 is 9.64 Å². The first-order chi connectivity index (χ1) is 18.3. The van der Waals surface area contributed by atoms with Crippen molar-refractivity contribution >= 4 is 39.6 Å². The van der Waals surface area contributed by atoms with Crippen molar-refractivity contribution in [2.24, 2.45) is 0 Å². The van der Waals surface area contributed by atoms with E-state index in [1.54, 1.807) is 11.8 Å². The molecule has 0 unspecified atom stereocenters. The fourth-order valence-corrected chi connectivity index (χ4v) is 5.93. The number of hydrogen-bond donors (Lipinski definition) is 0. The molecule has 0 radical (unpaired) electrons. The molecule has 0 bridgehead atoms. The Balaban J connectivity index is 1.42. The predicted molar refractivity (Wildman–Crippen MR) is 155 cm³/mol. The number of hydrogen-bond acceptors (Lipinski definition) is 3. The van der Waals surface area contributed by atoms with E-state index in [2.05, 4.69) is 132 Å². The van der Waals surface area contributed by atoms with Crippen LogP contribution in [0.1, 0.15) is 0 Å². The largest absolute Gasteiger partial charge is 0.453 e. The molecule has 0 amide bonds. The first-order valence-electron chi connectivity index (χ1n) is 12.4. The molecule has 0 N–H and O–H groups in total. The molecule has 0 saturated carbocycles. The van der Waals surface area contributed by atoms with E-state index in [1.807, 2.05) is 12.1 Å². The van der Waals surface area contributed by atoms with Crippen LogP contribution in [0, 0.1) is 0 Å². The van der Waals surface area contributed by atoms with Crippen LogP contribution in [0.15, 0.2) is 149 Å². The maximum Gasteiger partial charge on any atom is 0.165 e. The van der Waals surface area contributed by atoms with Crippen LogP contribution in [0.3, 0.4) is 0 Å². The molecule has 37 heavy (non-hydrogen) atoms. The van der Waals surface area contributed by atoms with Crippen LogP contribution in [-0.4, -0.2) is 0 Å². The molecule has 0 aliphatic carbocycles. The van der Waals surface area contributed by atoms with E-state index in [9.17, 15) is 0 Å².